The van der Waals surface area contributed by atoms with Crippen molar-refractivity contribution in [1.29, 1.82) is 0 Å². The number of hydrogen-bond donors (Lipinski definition) is 2. The van der Waals surface area contributed by atoms with Crippen LogP contribution in [0.3, 0.4) is 0 Å². The molecule has 150 valence electrons. The molecule has 1 heterocycles. The second kappa shape index (κ2) is 8.71. The Hall–Kier alpha value is -2.13. The number of amides is 1. The molecule has 0 radical (unpaired) electrons. The lowest BCUT2D eigenvalue weighted by Crippen LogP contribution is -2.39. The Morgan fingerprint density at radius 2 is 1.93 bits per heavy atom. The summed E-state index contributed by atoms with van der Waals surface area (Å²) >= 11 is 0. The number of likely N-dealkylation sites (tertiary alicyclic amines) is 1. The van der Waals surface area contributed by atoms with Crippen LogP contribution in [0.25, 0.3) is 0 Å². The van der Waals surface area contributed by atoms with Crippen molar-refractivity contribution >= 4 is 21.9 Å². The highest BCUT2D eigenvalue weighted by atomic mass is 32.2. The maximum absolute atomic E-state index is 12.8. The number of ether oxygens (including phenoxy) is 1. The highest BCUT2D eigenvalue weighted by Crippen LogP contribution is 2.27. The van der Waals surface area contributed by atoms with Crippen molar-refractivity contribution in [2.45, 2.75) is 44.0 Å². The molecular formula is C18H26N2O6S. The van der Waals surface area contributed by atoms with Crippen LogP contribution in [0.1, 0.15) is 43.5 Å². The molecule has 2 rings (SSSR count). The lowest BCUT2D eigenvalue weighted by Gasteiger charge is -2.31. The molecule has 0 atom stereocenters. The van der Waals surface area contributed by atoms with Crippen molar-refractivity contribution in [2.24, 2.45) is 5.92 Å². The van der Waals surface area contributed by atoms with Crippen molar-refractivity contribution in [3.8, 4) is 5.75 Å². The zero-order valence-corrected chi connectivity index (χ0v) is 16.6. The van der Waals surface area contributed by atoms with E-state index in [1.807, 2.05) is 0 Å². The smallest absolute Gasteiger partial charge is 0.303 e. The van der Waals surface area contributed by atoms with Gasteiger partial charge in [0.2, 0.25) is 10.0 Å². The zero-order chi connectivity index (χ0) is 20.2. The van der Waals surface area contributed by atoms with Crippen molar-refractivity contribution in [3.63, 3.8) is 0 Å². The number of carboxylic acid groups (broad SMARTS) is 1. The lowest BCUT2D eigenvalue weighted by molar-refractivity contribution is -0.138. The number of carboxylic acids is 1. The topological polar surface area (TPSA) is 113 Å². The van der Waals surface area contributed by atoms with Gasteiger partial charge in [-0.05, 0) is 50.8 Å². The summed E-state index contributed by atoms with van der Waals surface area (Å²) in [6, 6.07) is 4.04. The van der Waals surface area contributed by atoms with Gasteiger partial charge in [-0.25, -0.2) is 13.1 Å². The third-order valence-electron chi connectivity index (χ3n) is 4.46. The number of carbonyl (C=O) groups is 2. The summed E-state index contributed by atoms with van der Waals surface area (Å²) in [7, 11) is -2.45. The first-order valence-corrected chi connectivity index (χ1v) is 10.3. The van der Waals surface area contributed by atoms with E-state index in [1.54, 1.807) is 24.8 Å². The number of benzene rings is 1. The van der Waals surface area contributed by atoms with Crippen LogP contribution in [-0.2, 0) is 14.8 Å². The Labute approximate surface area is 159 Å². The summed E-state index contributed by atoms with van der Waals surface area (Å²) in [5, 5.41) is 8.88. The number of methoxy groups -OCH3 is 1. The van der Waals surface area contributed by atoms with E-state index in [9.17, 15) is 18.0 Å². The van der Waals surface area contributed by atoms with E-state index in [0.29, 0.717) is 25.9 Å². The van der Waals surface area contributed by atoms with Gasteiger partial charge in [0.15, 0.2) is 0 Å². The van der Waals surface area contributed by atoms with Gasteiger partial charge in [0.1, 0.15) is 10.6 Å². The predicted molar refractivity (Wildman–Crippen MR) is 99.3 cm³/mol. The molecule has 1 fully saturated rings. The number of hydrogen-bond acceptors (Lipinski definition) is 5. The van der Waals surface area contributed by atoms with Crippen LogP contribution in [-0.4, -0.2) is 56.5 Å². The number of piperidine rings is 1. The second-order valence-corrected chi connectivity index (χ2v) is 8.66. The van der Waals surface area contributed by atoms with Crippen LogP contribution in [0, 0.1) is 5.92 Å². The minimum Gasteiger partial charge on any atom is -0.495 e. The Morgan fingerprint density at radius 3 is 2.44 bits per heavy atom. The molecule has 0 unspecified atom stereocenters. The third kappa shape index (κ3) is 5.43. The van der Waals surface area contributed by atoms with Gasteiger partial charge < -0.3 is 14.7 Å². The predicted octanol–water partition coefficient (Wildman–Crippen LogP) is 1.71. The Bertz CT molecular complexity index is 798. The summed E-state index contributed by atoms with van der Waals surface area (Å²) in [4.78, 5) is 25.2. The first-order valence-electron chi connectivity index (χ1n) is 8.85. The van der Waals surface area contributed by atoms with Gasteiger partial charge in [-0.2, -0.15) is 0 Å². The number of aliphatic carboxylic acids is 1. The molecule has 9 heteroatoms. The summed E-state index contributed by atoms with van der Waals surface area (Å²) in [5.74, 6) is -0.872. The number of rotatable bonds is 7. The van der Waals surface area contributed by atoms with E-state index in [4.69, 9.17) is 9.84 Å². The van der Waals surface area contributed by atoms with Crippen LogP contribution >= 0.6 is 0 Å². The minimum atomic E-state index is -3.82. The Morgan fingerprint density at radius 1 is 1.30 bits per heavy atom. The van der Waals surface area contributed by atoms with E-state index >= 15 is 0 Å². The van der Waals surface area contributed by atoms with Gasteiger partial charge in [0.25, 0.3) is 5.91 Å². The van der Waals surface area contributed by atoms with Crippen LogP contribution in [0.2, 0.25) is 0 Å². The van der Waals surface area contributed by atoms with Gasteiger partial charge in [-0.15, -0.1) is 0 Å². The molecule has 1 amide bonds. The Balaban J connectivity index is 2.20. The van der Waals surface area contributed by atoms with Crippen molar-refractivity contribution in [1.82, 2.24) is 9.62 Å². The van der Waals surface area contributed by atoms with Crippen molar-refractivity contribution in [3.05, 3.63) is 23.8 Å². The van der Waals surface area contributed by atoms with E-state index in [0.717, 1.165) is 0 Å². The molecule has 1 aliphatic rings. The first kappa shape index (κ1) is 21.2. The molecular weight excluding hydrogens is 372 g/mol. The van der Waals surface area contributed by atoms with E-state index < -0.39 is 16.0 Å². The molecule has 1 aromatic rings. The number of sulfonamides is 1. The molecule has 1 saturated heterocycles. The lowest BCUT2D eigenvalue weighted by atomic mass is 9.93. The zero-order valence-electron chi connectivity index (χ0n) is 15.8. The van der Waals surface area contributed by atoms with Crippen LogP contribution in [0.15, 0.2) is 23.1 Å². The fourth-order valence-corrected chi connectivity index (χ4v) is 4.61. The molecule has 2 N–H and O–H groups in total. The second-order valence-electron chi connectivity index (χ2n) is 6.98. The van der Waals surface area contributed by atoms with Crippen molar-refractivity contribution < 1.29 is 27.9 Å². The van der Waals surface area contributed by atoms with Gasteiger partial charge in [0, 0.05) is 31.1 Å². The third-order valence-corrected chi connectivity index (χ3v) is 6.14. The van der Waals surface area contributed by atoms with Gasteiger partial charge >= 0.3 is 5.97 Å². The quantitative estimate of drug-likeness (QED) is 0.723. The maximum atomic E-state index is 12.8. The van der Waals surface area contributed by atoms with Gasteiger partial charge in [0.05, 0.1) is 7.11 Å². The summed E-state index contributed by atoms with van der Waals surface area (Å²) < 4.78 is 32.7. The molecule has 1 aromatic carbocycles. The monoisotopic (exact) mass is 398 g/mol. The summed E-state index contributed by atoms with van der Waals surface area (Å²) in [6.45, 7) is 4.32. The summed E-state index contributed by atoms with van der Waals surface area (Å²) in [5.41, 5.74) is 0.261. The SMILES string of the molecule is COc1ccc(C(=O)N2CCC(CC(=O)O)CC2)cc1S(=O)(=O)NC(C)C. The highest BCUT2D eigenvalue weighted by Gasteiger charge is 2.27. The highest BCUT2D eigenvalue weighted by molar-refractivity contribution is 7.89. The molecule has 0 spiro atoms. The largest absolute Gasteiger partial charge is 0.495 e. The molecule has 0 bridgehead atoms. The fourth-order valence-electron chi connectivity index (χ4n) is 3.16. The average Bonchev–Trinajstić information content (AvgIpc) is 2.59. The standard InChI is InChI=1S/C18H26N2O6S/c1-12(2)19-27(24,25)16-11-14(4-5-15(16)26-3)18(23)20-8-6-13(7-9-20)10-17(21)22/h4-5,11-13,19H,6-10H2,1-3H3,(H,21,22). The fraction of sp³-hybridized carbons (Fsp3) is 0.556. The normalized spacial score (nSPS) is 15.8. The van der Waals surface area contributed by atoms with Crippen LogP contribution in [0.5, 0.6) is 5.75 Å². The van der Waals surface area contributed by atoms with Crippen molar-refractivity contribution in [2.75, 3.05) is 20.2 Å². The summed E-state index contributed by atoms with van der Waals surface area (Å²) in [6.07, 6.45) is 1.34. The molecule has 27 heavy (non-hydrogen) atoms. The van der Waals surface area contributed by atoms with E-state index in [-0.39, 0.29) is 40.5 Å². The number of carbonyl (C=O) groups excluding carboxylic acids is 1. The first-order chi connectivity index (χ1) is 12.6. The molecule has 0 aromatic heterocycles. The minimum absolute atomic E-state index is 0.0635. The Kier molecular flexibility index (Phi) is 6.83. The molecule has 1 aliphatic heterocycles. The van der Waals surface area contributed by atoms with Gasteiger partial charge in [-0.1, -0.05) is 0 Å². The van der Waals surface area contributed by atoms with Crippen LogP contribution < -0.4 is 9.46 Å². The van der Waals surface area contributed by atoms with E-state index in [1.165, 1.54) is 19.2 Å². The maximum Gasteiger partial charge on any atom is 0.303 e. The number of nitrogens with zero attached hydrogens (tertiary/aromatic N) is 1. The van der Waals surface area contributed by atoms with Crippen LogP contribution in [0.4, 0.5) is 0 Å². The van der Waals surface area contributed by atoms with E-state index in [2.05, 4.69) is 4.72 Å². The molecule has 0 saturated carbocycles. The number of nitrogens with one attached hydrogen (secondary N) is 1. The molecule has 0 aliphatic carbocycles. The molecule has 8 nitrogen and oxygen atoms in total. The average molecular weight is 398 g/mol. The van der Waals surface area contributed by atoms with Gasteiger partial charge in [-0.3, -0.25) is 9.59 Å².